The van der Waals surface area contributed by atoms with Crippen LogP contribution in [0.25, 0.3) is 11.3 Å². The quantitative estimate of drug-likeness (QED) is 0.479. The van der Waals surface area contributed by atoms with Crippen molar-refractivity contribution in [3.05, 3.63) is 70.1 Å². The van der Waals surface area contributed by atoms with E-state index < -0.39 is 0 Å². The summed E-state index contributed by atoms with van der Waals surface area (Å²) >= 11 is 0. The number of carbonyl (C=O) groups excluding carboxylic acids is 2. The number of nitrogens with zero attached hydrogens (tertiary/aromatic N) is 6. The van der Waals surface area contributed by atoms with Crippen LogP contribution in [0.1, 0.15) is 36.7 Å². The number of rotatable bonds is 6. The molecule has 2 aliphatic heterocycles. The molecule has 42 heavy (non-hydrogen) atoms. The maximum atomic E-state index is 13.1. The number of aryl methyl sites for hydroxylation is 1. The maximum absolute atomic E-state index is 13.1. The van der Waals surface area contributed by atoms with E-state index in [1.54, 1.807) is 30.1 Å². The van der Waals surface area contributed by atoms with Crippen molar-refractivity contribution < 1.29 is 14.3 Å². The zero-order valence-corrected chi connectivity index (χ0v) is 24.8. The standard InChI is InChI=1S/C31H39N7O4/c1-31(2,3)38-12-10-36(11-13-38)28(39)19-22-6-5-7-23(18-22)25-20-26(30(41)35(4)34-25)33-27-9-8-24(21-32-27)29(40)37-14-16-42-17-15-37/h5-9,18,20-21H,10-17,19H2,1-4H3,(H,32,33). The molecule has 11 nitrogen and oxygen atoms in total. The molecular formula is C31H39N7O4. The first-order valence-electron chi connectivity index (χ1n) is 14.4. The molecule has 222 valence electrons. The zero-order valence-electron chi connectivity index (χ0n) is 24.8. The van der Waals surface area contributed by atoms with Crippen LogP contribution in [-0.2, 0) is 23.0 Å². The van der Waals surface area contributed by atoms with E-state index in [-0.39, 0.29) is 22.9 Å². The topological polar surface area (TPSA) is 113 Å². The molecule has 2 saturated heterocycles. The van der Waals surface area contributed by atoms with Crippen LogP contribution < -0.4 is 10.9 Å². The number of amides is 2. The summed E-state index contributed by atoms with van der Waals surface area (Å²) in [5.41, 5.74) is 2.86. The number of hydrogen-bond acceptors (Lipinski definition) is 8. The Morgan fingerprint density at radius 2 is 1.69 bits per heavy atom. The van der Waals surface area contributed by atoms with Gasteiger partial charge in [-0.05, 0) is 50.6 Å². The molecule has 4 heterocycles. The third-order valence-corrected chi connectivity index (χ3v) is 7.79. The second kappa shape index (κ2) is 12.4. The molecule has 0 radical (unpaired) electrons. The predicted molar refractivity (Wildman–Crippen MR) is 161 cm³/mol. The minimum absolute atomic E-state index is 0.0926. The van der Waals surface area contributed by atoms with Gasteiger partial charge < -0.3 is 19.9 Å². The third-order valence-electron chi connectivity index (χ3n) is 7.79. The minimum atomic E-state index is -0.310. The van der Waals surface area contributed by atoms with E-state index in [4.69, 9.17) is 4.74 Å². The fraction of sp³-hybridized carbons (Fsp3) is 0.452. The number of anilines is 2. The molecule has 0 bridgehead atoms. The summed E-state index contributed by atoms with van der Waals surface area (Å²) in [4.78, 5) is 49.2. The normalized spacial score (nSPS) is 16.4. The molecule has 0 aliphatic carbocycles. The van der Waals surface area contributed by atoms with E-state index in [1.165, 1.54) is 10.9 Å². The Morgan fingerprint density at radius 1 is 0.952 bits per heavy atom. The highest BCUT2D eigenvalue weighted by Gasteiger charge is 2.27. The predicted octanol–water partition coefficient (Wildman–Crippen LogP) is 2.54. The van der Waals surface area contributed by atoms with Crippen molar-refractivity contribution in [3.8, 4) is 11.3 Å². The molecule has 3 aromatic rings. The molecule has 1 N–H and O–H groups in total. The number of pyridine rings is 1. The molecular weight excluding hydrogens is 534 g/mol. The van der Waals surface area contributed by atoms with Crippen LogP contribution in [0.5, 0.6) is 0 Å². The number of carbonyl (C=O) groups is 2. The maximum Gasteiger partial charge on any atom is 0.290 e. The van der Waals surface area contributed by atoms with Gasteiger partial charge in [0.15, 0.2) is 0 Å². The fourth-order valence-electron chi connectivity index (χ4n) is 5.27. The van der Waals surface area contributed by atoms with Gasteiger partial charge in [-0.2, -0.15) is 5.10 Å². The second-order valence-electron chi connectivity index (χ2n) is 11.7. The van der Waals surface area contributed by atoms with Crippen molar-refractivity contribution in [1.29, 1.82) is 0 Å². The second-order valence-corrected chi connectivity index (χ2v) is 11.7. The molecule has 11 heteroatoms. The average Bonchev–Trinajstić information content (AvgIpc) is 2.99. The number of aromatic nitrogens is 3. The molecule has 0 atom stereocenters. The molecule has 1 aromatic carbocycles. The zero-order chi connectivity index (χ0) is 29.9. The van der Waals surface area contributed by atoms with Gasteiger partial charge >= 0.3 is 0 Å². The van der Waals surface area contributed by atoms with Crippen molar-refractivity contribution in [2.45, 2.75) is 32.7 Å². The summed E-state index contributed by atoms with van der Waals surface area (Å²) in [5, 5.41) is 7.54. The van der Waals surface area contributed by atoms with E-state index in [0.29, 0.717) is 55.5 Å². The first kappa shape index (κ1) is 29.4. The van der Waals surface area contributed by atoms with E-state index in [1.807, 2.05) is 29.2 Å². The molecule has 2 fully saturated rings. The van der Waals surface area contributed by atoms with Crippen LogP contribution in [0.3, 0.4) is 0 Å². The van der Waals surface area contributed by atoms with Gasteiger partial charge in [0.05, 0.1) is 30.9 Å². The van der Waals surface area contributed by atoms with Gasteiger partial charge in [-0.3, -0.25) is 19.3 Å². The summed E-state index contributed by atoms with van der Waals surface area (Å²) in [6, 6.07) is 12.8. The van der Waals surface area contributed by atoms with Gasteiger partial charge in [0.25, 0.3) is 11.5 Å². The van der Waals surface area contributed by atoms with Crippen LogP contribution in [-0.4, -0.2) is 99.3 Å². The van der Waals surface area contributed by atoms with Crippen LogP contribution in [0.4, 0.5) is 11.5 Å². The molecule has 2 aliphatic rings. The van der Waals surface area contributed by atoms with E-state index in [9.17, 15) is 14.4 Å². The summed E-state index contributed by atoms with van der Waals surface area (Å²) in [6.07, 6.45) is 1.82. The molecule has 2 aromatic heterocycles. The number of ether oxygens (including phenoxy) is 1. The molecule has 2 amide bonds. The van der Waals surface area contributed by atoms with Crippen LogP contribution >= 0.6 is 0 Å². The lowest BCUT2D eigenvalue weighted by atomic mass is 10.0. The Hall–Kier alpha value is -4.09. The Kier molecular flexibility index (Phi) is 8.69. The molecule has 0 unspecified atom stereocenters. The monoisotopic (exact) mass is 573 g/mol. The summed E-state index contributed by atoms with van der Waals surface area (Å²) in [7, 11) is 1.60. The fourth-order valence-corrected chi connectivity index (χ4v) is 5.27. The van der Waals surface area contributed by atoms with Gasteiger partial charge in [-0.15, -0.1) is 0 Å². The van der Waals surface area contributed by atoms with Gasteiger partial charge in [0, 0.05) is 63.6 Å². The van der Waals surface area contributed by atoms with Crippen molar-refractivity contribution in [3.63, 3.8) is 0 Å². The average molecular weight is 574 g/mol. The Labute approximate surface area is 246 Å². The largest absolute Gasteiger partial charge is 0.378 e. The highest BCUT2D eigenvalue weighted by atomic mass is 16.5. The lowest BCUT2D eigenvalue weighted by molar-refractivity contribution is -0.133. The smallest absolute Gasteiger partial charge is 0.290 e. The minimum Gasteiger partial charge on any atom is -0.378 e. The molecule has 5 rings (SSSR count). The SMILES string of the molecule is Cn1nc(-c2cccc(CC(=O)N3CCN(C(C)(C)C)CC3)c2)cc(Nc2ccc(C(=O)N3CCOCC3)cn2)c1=O. The van der Waals surface area contributed by atoms with Gasteiger partial charge in [-0.1, -0.05) is 18.2 Å². The van der Waals surface area contributed by atoms with Crippen LogP contribution in [0.2, 0.25) is 0 Å². The number of benzene rings is 1. The Balaban J connectivity index is 1.27. The lowest BCUT2D eigenvalue weighted by Crippen LogP contribution is -2.54. The van der Waals surface area contributed by atoms with Gasteiger partial charge in [0.2, 0.25) is 5.91 Å². The van der Waals surface area contributed by atoms with E-state index in [0.717, 1.165) is 37.3 Å². The van der Waals surface area contributed by atoms with E-state index in [2.05, 4.69) is 41.1 Å². The van der Waals surface area contributed by atoms with Crippen molar-refractivity contribution in [2.24, 2.45) is 7.05 Å². The summed E-state index contributed by atoms with van der Waals surface area (Å²) in [6.45, 7) is 12.0. The summed E-state index contributed by atoms with van der Waals surface area (Å²) < 4.78 is 6.60. The summed E-state index contributed by atoms with van der Waals surface area (Å²) in [5.74, 6) is 0.455. The highest BCUT2D eigenvalue weighted by molar-refractivity contribution is 5.94. The molecule has 0 saturated carbocycles. The van der Waals surface area contributed by atoms with Crippen molar-refractivity contribution in [2.75, 3.05) is 57.8 Å². The lowest BCUT2D eigenvalue weighted by Gasteiger charge is -2.42. The Morgan fingerprint density at radius 3 is 2.36 bits per heavy atom. The van der Waals surface area contributed by atoms with Crippen molar-refractivity contribution >= 4 is 23.3 Å². The first-order valence-corrected chi connectivity index (χ1v) is 14.4. The van der Waals surface area contributed by atoms with Crippen LogP contribution in [0, 0.1) is 0 Å². The highest BCUT2D eigenvalue weighted by Crippen LogP contribution is 2.22. The number of piperazine rings is 1. The van der Waals surface area contributed by atoms with Crippen LogP contribution in [0.15, 0.2) is 53.5 Å². The first-order chi connectivity index (χ1) is 20.1. The van der Waals surface area contributed by atoms with Crippen molar-refractivity contribution in [1.82, 2.24) is 29.5 Å². The van der Waals surface area contributed by atoms with Gasteiger partial charge in [-0.25, -0.2) is 9.67 Å². The number of nitrogens with one attached hydrogen (secondary N) is 1. The number of morpholine rings is 1. The van der Waals surface area contributed by atoms with E-state index >= 15 is 0 Å². The number of hydrogen-bond donors (Lipinski definition) is 1. The third kappa shape index (κ3) is 6.85. The Bertz CT molecular complexity index is 1480. The van der Waals surface area contributed by atoms with Gasteiger partial charge in [0.1, 0.15) is 11.5 Å². The molecule has 0 spiro atoms.